The van der Waals surface area contributed by atoms with Crippen LogP contribution in [-0.2, 0) is 38.3 Å². The molecule has 0 bridgehead atoms. The third-order valence-electron chi connectivity index (χ3n) is 8.34. The number of carbonyl (C=O) groups is 2. The molecule has 4 aromatic rings. The number of alkyl halides is 2. The smallest absolute Gasteiger partial charge is 0.460 e. The lowest BCUT2D eigenvalue weighted by Crippen LogP contribution is -2.34. The zero-order valence-corrected chi connectivity index (χ0v) is 24.5. The van der Waals surface area contributed by atoms with Crippen LogP contribution < -0.4 is 14.8 Å². The third kappa shape index (κ3) is 5.71. The number of benzene rings is 3. The Balaban J connectivity index is 1.29. The van der Waals surface area contributed by atoms with Gasteiger partial charge in [0.2, 0.25) is 5.91 Å². The minimum Gasteiger partial charge on any atom is -0.460 e. The average molecular weight is 625 g/mol. The summed E-state index contributed by atoms with van der Waals surface area (Å²) in [6, 6.07) is 17.6. The lowest BCUT2D eigenvalue weighted by Gasteiger charge is -2.26. The minimum absolute atomic E-state index is 0.0426. The number of hydrogen-bond donors (Lipinski definition) is 3. The van der Waals surface area contributed by atoms with Crippen LogP contribution in [0.5, 0.6) is 11.5 Å². The SMILES string of the molecule is CC(C)(C(=O)OCc1ccccc1)c1cc2cc(NC(=O)C3(c4ccc5c(c4)OC(F)(F)O5)CC3)c(F)cc2n1C[C@@H](O)CO. The van der Waals surface area contributed by atoms with Gasteiger partial charge in [-0.15, -0.1) is 8.78 Å². The predicted molar refractivity (Wildman–Crippen MR) is 156 cm³/mol. The van der Waals surface area contributed by atoms with Crippen LogP contribution in [0.25, 0.3) is 10.9 Å². The molecule has 6 rings (SSSR count). The van der Waals surface area contributed by atoms with Gasteiger partial charge < -0.3 is 34.3 Å². The maximum absolute atomic E-state index is 15.6. The van der Waals surface area contributed by atoms with Crippen molar-refractivity contribution in [3.8, 4) is 11.5 Å². The van der Waals surface area contributed by atoms with E-state index in [2.05, 4.69) is 14.8 Å². The van der Waals surface area contributed by atoms with Gasteiger partial charge in [-0.3, -0.25) is 9.59 Å². The Hall–Kier alpha value is -4.55. The van der Waals surface area contributed by atoms with Crippen molar-refractivity contribution >= 4 is 28.5 Å². The molecule has 1 aliphatic carbocycles. The van der Waals surface area contributed by atoms with Gasteiger partial charge in [0.1, 0.15) is 17.8 Å². The maximum Gasteiger partial charge on any atom is 0.586 e. The number of aliphatic hydroxyl groups is 2. The summed E-state index contributed by atoms with van der Waals surface area (Å²) in [6.07, 6.45) is -4.17. The Kier molecular flexibility index (Phi) is 7.52. The van der Waals surface area contributed by atoms with E-state index in [-0.39, 0.29) is 30.3 Å². The molecule has 45 heavy (non-hydrogen) atoms. The number of hydrogen-bond acceptors (Lipinski definition) is 7. The Morgan fingerprint density at radius 1 is 1.04 bits per heavy atom. The number of esters is 1. The van der Waals surface area contributed by atoms with Crippen LogP contribution in [0.15, 0.2) is 66.7 Å². The van der Waals surface area contributed by atoms with E-state index in [0.29, 0.717) is 35.0 Å². The molecule has 2 aliphatic rings. The number of aliphatic hydroxyl groups excluding tert-OH is 2. The van der Waals surface area contributed by atoms with Gasteiger partial charge in [0.15, 0.2) is 11.5 Å². The number of rotatable bonds is 10. The highest BCUT2D eigenvalue weighted by Gasteiger charge is 2.53. The van der Waals surface area contributed by atoms with Gasteiger partial charge in [-0.1, -0.05) is 36.4 Å². The fraction of sp³-hybridized carbons (Fsp3) is 0.333. The zero-order chi connectivity index (χ0) is 32.1. The molecule has 1 saturated carbocycles. The fourth-order valence-electron chi connectivity index (χ4n) is 5.63. The van der Waals surface area contributed by atoms with Gasteiger partial charge in [-0.05, 0) is 62.1 Å². The van der Waals surface area contributed by atoms with Gasteiger partial charge in [0.05, 0.1) is 35.9 Å². The number of amides is 1. The largest absolute Gasteiger partial charge is 0.586 e. The van der Waals surface area contributed by atoms with E-state index in [9.17, 15) is 28.6 Å². The van der Waals surface area contributed by atoms with E-state index >= 15 is 4.39 Å². The molecule has 3 aromatic carbocycles. The molecule has 1 aliphatic heterocycles. The maximum atomic E-state index is 15.6. The standard InChI is InChI=1S/C33H31F3N2O7/c1-31(2,30(42)43-18-19-6-4-3-5-7-19)28-13-20-12-24(23(34)15-25(20)38(28)16-22(40)17-39)37-29(41)32(10-11-32)21-8-9-26-27(14-21)45-33(35,36)44-26/h3-9,12-15,22,39-40H,10-11,16-18H2,1-2H3,(H,37,41)/t22-/m1/s1. The van der Waals surface area contributed by atoms with Gasteiger partial charge in [0.25, 0.3) is 0 Å². The van der Waals surface area contributed by atoms with E-state index in [1.807, 2.05) is 30.3 Å². The second-order valence-corrected chi connectivity index (χ2v) is 11.9. The molecule has 1 aromatic heterocycles. The molecule has 0 radical (unpaired) electrons. The van der Waals surface area contributed by atoms with E-state index < -0.39 is 47.5 Å². The quantitative estimate of drug-likeness (QED) is 0.209. The summed E-state index contributed by atoms with van der Waals surface area (Å²) in [5.74, 6) is -2.18. The summed E-state index contributed by atoms with van der Waals surface area (Å²) in [5.41, 5.74) is -0.476. The average Bonchev–Trinajstić information content (AvgIpc) is 3.66. The second-order valence-electron chi connectivity index (χ2n) is 11.9. The number of nitrogens with one attached hydrogen (secondary N) is 1. The fourth-order valence-corrected chi connectivity index (χ4v) is 5.63. The van der Waals surface area contributed by atoms with Gasteiger partial charge >= 0.3 is 12.3 Å². The van der Waals surface area contributed by atoms with Crippen LogP contribution >= 0.6 is 0 Å². The molecule has 2 heterocycles. The van der Waals surface area contributed by atoms with Crippen LogP contribution in [0.3, 0.4) is 0 Å². The monoisotopic (exact) mass is 624 g/mol. The summed E-state index contributed by atoms with van der Waals surface area (Å²) >= 11 is 0. The van der Waals surface area contributed by atoms with Crippen LogP contribution in [0.4, 0.5) is 18.9 Å². The van der Waals surface area contributed by atoms with Crippen LogP contribution in [0.2, 0.25) is 0 Å². The molecule has 236 valence electrons. The van der Waals surface area contributed by atoms with Crippen molar-refractivity contribution in [3.05, 3.63) is 89.4 Å². The number of nitrogens with zero attached hydrogens (tertiary/aromatic N) is 1. The molecule has 1 amide bonds. The summed E-state index contributed by atoms with van der Waals surface area (Å²) < 4.78 is 58.8. The van der Waals surface area contributed by atoms with Gasteiger partial charge in [-0.2, -0.15) is 0 Å². The molecular weight excluding hydrogens is 593 g/mol. The normalized spacial score (nSPS) is 16.8. The zero-order valence-electron chi connectivity index (χ0n) is 24.5. The summed E-state index contributed by atoms with van der Waals surface area (Å²) in [7, 11) is 0. The predicted octanol–water partition coefficient (Wildman–Crippen LogP) is 5.15. The van der Waals surface area contributed by atoms with Crippen molar-refractivity contribution in [3.63, 3.8) is 0 Å². The van der Waals surface area contributed by atoms with E-state index in [4.69, 9.17) is 4.74 Å². The van der Waals surface area contributed by atoms with Crippen LogP contribution in [0, 0.1) is 5.82 Å². The summed E-state index contributed by atoms with van der Waals surface area (Å²) in [5, 5.41) is 23.0. The Morgan fingerprint density at radius 3 is 2.44 bits per heavy atom. The first-order valence-corrected chi connectivity index (χ1v) is 14.4. The van der Waals surface area contributed by atoms with E-state index in [0.717, 1.165) is 5.56 Å². The first-order chi connectivity index (χ1) is 21.3. The topological polar surface area (TPSA) is 119 Å². The minimum atomic E-state index is -3.80. The molecule has 1 fully saturated rings. The van der Waals surface area contributed by atoms with Gasteiger partial charge in [0, 0.05) is 17.1 Å². The Labute approximate surface area is 256 Å². The third-order valence-corrected chi connectivity index (χ3v) is 8.34. The van der Waals surface area contributed by atoms with E-state index in [1.54, 1.807) is 24.5 Å². The Bertz CT molecular complexity index is 1780. The number of fused-ring (bicyclic) bond motifs is 2. The first kappa shape index (κ1) is 30.5. The highest BCUT2D eigenvalue weighted by Crippen LogP contribution is 2.52. The van der Waals surface area contributed by atoms with Crippen molar-refractivity contribution in [2.24, 2.45) is 0 Å². The van der Waals surface area contributed by atoms with Crippen molar-refractivity contribution in [2.75, 3.05) is 11.9 Å². The second kappa shape index (κ2) is 11.1. The molecule has 9 nitrogen and oxygen atoms in total. The highest BCUT2D eigenvalue weighted by molar-refractivity contribution is 6.03. The number of anilines is 1. The van der Waals surface area contributed by atoms with Crippen molar-refractivity contribution in [2.45, 2.75) is 63.1 Å². The number of halogens is 3. The first-order valence-electron chi connectivity index (χ1n) is 14.4. The van der Waals surface area contributed by atoms with Crippen molar-refractivity contribution in [1.29, 1.82) is 0 Å². The van der Waals surface area contributed by atoms with Crippen LogP contribution in [0.1, 0.15) is 43.5 Å². The van der Waals surface area contributed by atoms with Gasteiger partial charge in [-0.25, -0.2) is 4.39 Å². The molecule has 0 spiro atoms. The highest BCUT2D eigenvalue weighted by atomic mass is 19.3. The Morgan fingerprint density at radius 2 is 1.76 bits per heavy atom. The molecule has 0 saturated heterocycles. The van der Waals surface area contributed by atoms with Crippen molar-refractivity contribution < 1.29 is 47.2 Å². The summed E-state index contributed by atoms with van der Waals surface area (Å²) in [4.78, 5) is 26.8. The lowest BCUT2D eigenvalue weighted by molar-refractivity contribution is -0.286. The van der Waals surface area contributed by atoms with E-state index in [1.165, 1.54) is 30.3 Å². The number of carbonyl (C=O) groups excluding carboxylic acids is 2. The molecule has 3 N–H and O–H groups in total. The molecule has 12 heteroatoms. The lowest BCUT2D eigenvalue weighted by atomic mass is 9.89. The van der Waals surface area contributed by atoms with Crippen LogP contribution in [-0.4, -0.2) is 45.7 Å². The van der Waals surface area contributed by atoms with Crippen molar-refractivity contribution in [1.82, 2.24) is 4.57 Å². The summed E-state index contributed by atoms with van der Waals surface area (Å²) in [6.45, 7) is 2.64. The molecule has 1 atom stereocenters. The number of ether oxygens (including phenoxy) is 3. The number of aromatic nitrogens is 1. The molecule has 0 unspecified atom stereocenters. The molecular formula is C33H31F3N2O7.